The molecule has 6 heteroatoms. The second kappa shape index (κ2) is 7.66. The average molecular weight is 367 g/mol. The van der Waals surface area contributed by atoms with Crippen LogP contribution in [-0.4, -0.2) is 16.8 Å². The Hall–Kier alpha value is -2.73. The van der Waals surface area contributed by atoms with E-state index in [-0.39, 0.29) is 18.2 Å². The Kier molecular flexibility index (Phi) is 5.32. The van der Waals surface area contributed by atoms with Crippen LogP contribution in [0.2, 0.25) is 0 Å². The summed E-state index contributed by atoms with van der Waals surface area (Å²) in [6.45, 7) is 5.83. The zero-order valence-electron chi connectivity index (χ0n) is 15.1. The third-order valence-electron chi connectivity index (χ3n) is 4.26. The van der Waals surface area contributed by atoms with E-state index in [1.165, 1.54) is 11.3 Å². The molecule has 5 nitrogen and oxygen atoms in total. The van der Waals surface area contributed by atoms with E-state index in [9.17, 15) is 9.59 Å². The van der Waals surface area contributed by atoms with Gasteiger partial charge < -0.3 is 10.6 Å². The van der Waals surface area contributed by atoms with Gasteiger partial charge in [-0.15, -0.1) is 0 Å². The number of aryl methyl sites for hydroxylation is 1. The molecule has 134 valence electrons. The van der Waals surface area contributed by atoms with Gasteiger partial charge in [0.2, 0.25) is 11.8 Å². The number of nitrogens with one attached hydrogen (secondary N) is 2. The molecule has 0 saturated carbocycles. The molecular weight excluding hydrogens is 346 g/mol. The lowest BCUT2D eigenvalue weighted by Gasteiger charge is -2.10. The number of hydrogen-bond donors (Lipinski definition) is 2. The van der Waals surface area contributed by atoms with Crippen LogP contribution in [-0.2, 0) is 16.0 Å². The molecule has 2 amide bonds. The van der Waals surface area contributed by atoms with Crippen molar-refractivity contribution in [1.29, 1.82) is 0 Å². The molecule has 2 N–H and O–H groups in total. The van der Waals surface area contributed by atoms with Gasteiger partial charge in [0, 0.05) is 12.1 Å². The van der Waals surface area contributed by atoms with Gasteiger partial charge in [0.1, 0.15) is 0 Å². The molecule has 0 fully saturated rings. The maximum atomic E-state index is 12.4. The summed E-state index contributed by atoms with van der Waals surface area (Å²) in [5, 5.41) is 6.34. The average Bonchev–Trinajstić information content (AvgIpc) is 3.00. The first-order chi connectivity index (χ1) is 12.5. The number of anilines is 2. The maximum Gasteiger partial charge on any atom is 0.228 e. The van der Waals surface area contributed by atoms with Gasteiger partial charge in [0.15, 0.2) is 5.13 Å². The van der Waals surface area contributed by atoms with E-state index < -0.39 is 0 Å². The smallest absolute Gasteiger partial charge is 0.228 e. The van der Waals surface area contributed by atoms with Crippen LogP contribution in [0.1, 0.15) is 30.0 Å². The molecule has 0 radical (unpaired) electrons. The second-order valence-electron chi connectivity index (χ2n) is 6.20. The number of rotatable bonds is 5. The van der Waals surface area contributed by atoms with Gasteiger partial charge in [-0.2, -0.15) is 0 Å². The highest BCUT2D eigenvalue weighted by Crippen LogP contribution is 2.27. The van der Waals surface area contributed by atoms with Crippen LogP contribution in [0.25, 0.3) is 10.2 Å². The molecule has 3 rings (SSSR count). The lowest BCUT2D eigenvalue weighted by atomic mass is 10.1. The number of benzene rings is 2. The fraction of sp³-hybridized carbons (Fsp3) is 0.250. The van der Waals surface area contributed by atoms with E-state index in [0.29, 0.717) is 11.6 Å². The second-order valence-corrected chi connectivity index (χ2v) is 7.23. The SMILES string of the molecule is CCC(=O)Nc1nc2ccc(CC(=O)Nc3cccc(C)c3C)cc2s1. The van der Waals surface area contributed by atoms with Crippen LogP contribution in [0, 0.1) is 13.8 Å². The molecule has 0 aliphatic rings. The highest BCUT2D eigenvalue weighted by atomic mass is 32.1. The molecule has 0 saturated heterocycles. The highest BCUT2D eigenvalue weighted by Gasteiger charge is 2.10. The van der Waals surface area contributed by atoms with E-state index >= 15 is 0 Å². The Balaban J connectivity index is 1.73. The summed E-state index contributed by atoms with van der Waals surface area (Å²) >= 11 is 1.42. The minimum Gasteiger partial charge on any atom is -0.326 e. The van der Waals surface area contributed by atoms with Crippen LogP contribution >= 0.6 is 11.3 Å². The largest absolute Gasteiger partial charge is 0.326 e. The van der Waals surface area contributed by atoms with Crippen LogP contribution in [0.3, 0.4) is 0 Å². The summed E-state index contributed by atoms with van der Waals surface area (Å²) in [5.41, 5.74) is 4.81. The predicted molar refractivity (Wildman–Crippen MR) is 107 cm³/mol. The predicted octanol–water partition coefficient (Wildman–Crippen LogP) is 4.44. The molecule has 3 aromatic rings. The monoisotopic (exact) mass is 367 g/mol. The van der Waals surface area contributed by atoms with Crippen molar-refractivity contribution in [3.8, 4) is 0 Å². The molecule has 0 atom stereocenters. The first-order valence-corrected chi connectivity index (χ1v) is 9.33. The number of fused-ring (bicyclic) bond motifs is 1. The minimum atomic E-state index is -0.0582. The Morgan fingerprint density at radius 2 is 1.88 bits per heavy atom. The Morgan fingerprint density at radius 3 is 2.65 bits per heavy atom. The van der Waals surface area contributed by atoms with Crippen molar-refractivity contribution in [3.05, 3.63) is 53.1 Å². The number of aromatic nitrogens is 1. The number of amides is 2. The Bertz CT molecular complexity index is 978. The molecule has 0 bridgehead atoms. The number of carbonyl (C=O) groups excluding carboxylic acids is 2. The fourth-order valence-electron chi connectivity index (χ4n) is 2.61. The van der Waals surface area contributed by atoms with Crippen molar-refractivity contribution in [2.45, 2.75) is 33.6 Å². The first kappa shape index (κ1) is 18.1. The molecular formula is C20H21N3O2S. The number of nitrogens with zero attached hydrogens (tertiary/aromatic N) is 1. The van der Waals surface area contributed by atoms with Crippen LogP contribution in [0.15, 0.2) is 36.4 Å². The zero-order chi connectivity index (χ0) is 18.7. The Morgan fingerprint density at radius 1 is 1.08 bits per heavy atom. The van der Waals surface area contributed by atoms with Crippen molar-refractivity contribution < 1.29 is 9.59 Å². The van der Waals surface area contributed by atoms with Crippen molar-refractivity contribution in [2.75, 3.05) is 10.6 Å². The van der Waals surface area contributed by atoms with Crippen molar-refractivity contribution in [3.63, 3.8) is 0 Å². The van der Waals surface area contributed by atoms with Crippen molar-refractivity contribution in [1.82, 2.24) is 4.98 Å². The summed E-state index contributed by atoms with van der Waals surface area (Å²) in [4.78, 5) is 28.3. The van der Waals surface area contributed by atoms with Gasteiger partial charge in [0.25, 0.3) is 0 Å². The van der Waals surface area contributed by atoms with Gasteiger partial charge in [0.05, 0.1) is 16.6 Å². The zero-order valence-corrected chi connectivity index (χ0v) is 15.9. The maximum absolute atomic E-state index is 12.4. The van der Waals surface area contributed by atoms with Gasteiger partial charge in [-0.3, -0.25) is 9.59 Å². The standard InChI is InChI=1S/C20H21N3O2S/c1-4-18(24)23-20-22-16-9-8-14(10-17(16)26-20)11-19(25)21-15-7-5-6-12(2)13(15)3/h5-10H,4,11H2,1-3H3,(H,21,25)(H,22,23,24). The molecule has 1 heterocycles. The topological polar surface area (TPSA) is 71.1 Å². The van der Waals surface area contributed by atoms with Gasteiger partial charge >= 0.3 is 0 Å². The van der Waals surface area contributed by atoms with E-state index in [1.54, 1.807) is 6.92 Å². The fourth-order valence-corrected chi connectivity index (χ4v) is 3.55. The quantitative estimate of drug-likeness (QED) is 0.700. The summed E-state index contributed by atoms with van der Waals surface area (Å²) in [7, 11) is 0. The number of thiazole rings is 1. The van der Waals surface area contributed by atoms with E-state index in [1.807, 2.05) is 50.2 Å². The molecule has 0 unspecified atom stereocenters. The van der Waals surface area contributed by atoms with E-state index in [2.05, 4.69) is 15.6 Å². The van der Waals surface area contributed by atoms with Crippen LogP contribution in [0.5, 0.6) is 0 Å². The van der Waals surface area contributed by atoms with Crippen LogP contribution < -0.4 is 10.6 Å². The molecule has 0 aliphatic heterocycles. The van der Waals surface area contributed by atoms with Crippen molar-refractivity contribution in [2.24, 2.45) is 0 Å². The lowest BCUT2D eigenvalue weighted by Crippen LogP contribution is -2.15. The molecule has 2 aromatic carbocycles. The lowest BCUT2D eigenvalue weighted by molar-refractivity contribution is -0.116. The third-order valence-corrected chi connectivity index (χ3v) is 5.20. The molecule has 1 aromatic heterocycles. The van der Waals surface area contributed by atoms with Gasteiger partial charge in [-0.05, 0) is 48.7 Å². The molecule has 0 spiro atoms. The van der Waals surface area contributed by atoms with Crippen molar-refractivity contribution >= 4 is 44.2 Å². The van der Waals surface area contributed by atoms with E-state index in [4.69, 9.17) is 0 Å². The normalized spacial score (nSPS) is 10.7. The summed E-state index contributed by atoms with van der Waals surface area (Å²) in [6.07, 6.45) is 0.706. The van der Waals surface area contributed by atoms with Crippen LogP contribution in [0.4, 0.5) is 10.8 Å². The summed E-state index contributed by atoms with van der Waals surface area (Å²) < 4.78 is 0.952. The first-order valence-electron chi connectivity index (χ1n) is 8.51. The van der Waals surface area contributed by atoms with Gasteiger partial charge in [-0.25, -0.2) is 4.98 Å². The molecule has 26 heavy (non-hydrogen) atoms. The molecule has 0 aliphatic carbocycles. The summed E-state index contributed by atoms with van der Waals surface area (Å²) in [6, 6.07) is 11.6. The number of carbonyl (C=O) groups is 2. The highest BCUT2D eigenvalue weighted by molar-refractivity contribution is 7.22. The van der Waals surface area contributed by atoms with E-state index in [0.717, 1.165) is 32.6 Å². The third kappa shape index (κ3) is 4.08. The van der Waals surface area contributed by atoms with Gasteiger partial charge in [-0.1, -0.05) is 36.5 Å². The number of hydrogen-bond acceptors (Lipinski definition) is 4. The summed E-state index contributed by atoms with van der Waals surface area (Å²) in [5.74, 6) is -0.112. The minimum absolute atomic E-state index is 0.0536. The Labute approximate surface area is 156 Å².